The van der Waals surface area contributed by atoms with E-state index in [1.807, 2.05) is 55.5 Å². The van der Waals surface area contributed by atoms with Gasteiger partial charge >= 0.3 is 0 Å². The third-order valence-electron chi connectivity index (χ3n) is 3.10. The molecule has 0 aromatic heterocycles. The van der Waals surface area contributed by atoms with Crippen molar-refractivity contribution in [1.82, 2.24) is 0 Å². The summed E-state index contributed by atoms with van der Waals surface area (Å²) in [5.41, 5.74) is 4.02. The van der Waals surface area contributed by atoms with Crippen LogP contribution in [-0.4, -0.2) is 12.5 Å². The van der Waals surface area contributed by atoms with E-state index in [0.29, 0.717) is 6.42 Å². The van der Waals surface area contributed by atoms with Crippen molar-refractivity contribution in [2.24, 2.45) is 0 Å². The zero-order valence-electron chi connectivity index (χ0n) is 12.2. The van der Waals surface area contributed by atoms with Crippen molar-refractivity contribution in [3.05, 3.63) is 72.3 Å². The van der Waals surface area contributed by atoms with Crippen molar-refractivity contribution in [1.29, 1.82) is 0 Å². The van der Waals surface area contributed by atoms with Crippen LogP contribution in [0.4, 0.5) is 11.4 Å². The van der Waals surface area contributed by atoms with Crippen molar-refractivity contribution < 1.29 is 4.79 Å². The topological polar surface area (TPSA) is 41.1 Å². The van der Waals surface area contributed by atoms with Crippen LogP contribution < -0.4 is 10.6 Å². The molecular weight excluding hydrogens is 260 g/mol. The highest BCUT2D eigenvalue weighted by Gasteiger charge is 2.04. The number of amides is 1. The molecule has 0 heterocycles. The molecule has 0 saturated heterocycles. The molecule has 0 atom stereocenters. The highest BCUT2D eigenvalue weighted by atomic mass is 16.1. The summed E-state index contributed by atoms with van der Waals surface area (Å²) >= 11 is 0. The Morgan fingerprint density at radius 2 is 1.67 bits per heavy atom. The predicted molar refractivity (Wildman–Crippen MR) is 88.6 cm³/mol. The van der Waals surface area contributed by atoms with Crippen molar-refractivity contribution in [2.45, 2.75) is 13.3 Å². The van der Waals surface area contributed by atoms with E-state index in [2.05, 4.69) is 17.2 Å². The summed E-state index contributed by atoms with van der Waals surface area (Å²) in [7, 11) is 0. The van der Waals surface area contributed by atoms with E-state index in [-0.39, 0.29) is 5.91 Å². The lowest BCUT2D eigenvalue weighted by Gasteiger charge is -2.08. The van der Waals surface area contributed by atoms with E-state index in [9.17, 15) is 4.79 Å². The first-order valence-electron chi connectivity index (χ1n) is 6.97. The lowest BCUT2D eigenvalue weighted by molar-refractivity contribution is -0.115. The van der Waals surface area contributed by atoms with E-state index in [0.717, 1.165) is 23.5 Å². The van der Waals surface area contributed by atoms with Crippen molar-refractivity contribution in [3.8, 4) is 0 Å². The fraction of sp³-hybridized carbons (Fsp3) is 0.167. The molecule has 3 heteroatoms. The van der Waals surface area contributed by atoms with E-state index in [1.54, 1.807) is 6.08 Å². The molecule has 108 valence electrons. The molecule has 21 heavy (non-hydrogen) atoms. The van der Waals surface area contributed by atoms with Gasteiger partial charge in [0.15, 0.2) is 0 Å². The minimum atomic E-state index is -0.00865. The second-order valence-electron chi connectivity index (χ2n) is 4.96. The summed E-state index contributed by atoms with van der Waals surface area (Å²) in [5.74, 6) is -0.00865. The maximum Gasteiger partial charge on any atom is 0.228 e. The SMILES string of the molecule is C=CCNc1ccc(NC(=O)Cc2ccc(C)cc2)cc1. The lowest BCUT2D eigenvalue weighted by atomic mass is 10.1. The van der Waals surface area contributed by atoms with Gasteiger partial charge in [-0.2, -0.15) is 0 Å². The molecule has 0 aliphatic rings. The summed E-state index contributed by atoms with van der Waals surface area (Å²) in [6.45, 7) is 6.41. The van der Waals surface area contributed by atoms with Gasteiger partial charge in [0.05, 0.1) is 6.42 Å². The molecule has 0 spiro atoms. The van der Waals surface area contributed by atoms with Gasteiger partial charge in [-0.1, -0.05) is 35.9 Å². The van der Waals surface area contributed by atoms with E-state index < -0.39 is 0 Å². The standard InChI is InChI=1S/C18H20N2O/c1-3-12-19-16-8-10-17(11-9-16)20-18(21)13-15-6-4-14(2)5-7-15/h3-11,19H,1,12-13H2,2H3,(H,20,21). The van der Waals surface area contributed by atoms with Crippen LogP contribution in [0.3, 0.4) is 0 Å². The van der Waals surface area contributed by atoms with Gasteiger partial charge in [-0.15, -0.1) is 6.58 Å². The third-order valence-corrected chi connectivity index (χ3v) is 3.10. The van der Waals surface area contributed by atoms with E-state index in [1.165, 1.54) is 5.56 Å². The number of carbonyl (C=O) groups is 1. The van der Waals surface area contributed by atoms with Gasteiger partial charge in [0, 0.05) is 17.9 Å². The molecule has 0 aliphatic heterocycles. The average Bonchev–Trinajstić information content (AvgIpc) is 2.49. The van der Waals surface area contributed by atoms with Crippen LogP contribution in [0.2, 0.25) is 0 Å². The largest absolute Gasteiger partial charge is 0.382 e. The maximum atomic E-state index is 12.0. The minimum Gasteiger partial charge on any atom is -0.382 e. The zero-order valence-corrected chi connectivity index (χ0v) is 12.2. The first kappa shape index (κ1) is 14.9. The normalized spacial score (nSPS) is 9.95. The summed E-state index contributed by atoms with van der Waals surface area (Å²) in [6, 6.07) is 15.6. The molecule has 2 rings (SSSR count). The van der Waals surface area contributed by atoms with Gasteiger partial charge in [-0.05, 0) is 36.8 Å². The summed E-state index contributed by atoms with van der Waals surface area (Å²) in [6.07, 6.45) is 2.19. The third kappa shape index (κ3) is 4.80. The smallest absolute Gasteiger partial charge is 0.228 e. The first-order valence-corrected chi connectivity index (χ1v) is 6.97. The second kappa shape index (κ2) is 7.29. The zero-order chi connectivity index (χ0) is 15.1. The average molecular weight is 280 g/mol. The van der Waals surface area contributed by atoms with Gasteiger partial charge in [0.2, 0.25) is 5.91 Å². The molecule has 0 fully saturated rings. The van der Waals surface area contributed by atoms with Crippen molar-refractivity contribution in [3.63, 3.8) is 0 Å². The molecule has 2 aromatic carbocycles. The van der Waals surface area contributed by atoms with Crippen LogP contribution in [-0.2, 0) is 11.2 Å². The summed E-state index contributed by atoms with van der Waals surface area (Å²) in [4.78, 5) is 12.0. The molecular formula is C18H20N2O. The molecule has 2 N–H and O–H groups in total. The van der Waals surface area contributed by atoms with Gasteiger partial charge in [-0.3, -0.25) is 4.79 Å². The Morgan fingerprint density at radius 1 is 1.05 bits per heavy atom. The monoisotopic (exact) mass is 280 g/mol. The quantitative estimate of drug-likeness (QED) is 0.791. The molecule has 0 saturated carbocycles. The molecule has 0 radical (unpaired) electrons. The number of hydrogen-bond donors (Lipinski definition) is 2. The van der Waals surface area contributed by atoms with E-state index in [4.69, 9.17) is 0 Å². The van der Waals surface area contributed by atoms with Crippen LogP contribution in [0.25, 0.3) is 0 Å². The Balaban J connectivity index is 1.90. The molecule has 0 aliphatic carbocycles. The molecule has 3 nitrogen and oxygen atoms in total. The number of benzene rings is 2. The minimum absolute atomic E-state index is 0.00865. The van der Waals surface area contributed by atoms with Crippen LogP contribution >= 0.6 is 0 Å². The fourth-order valence-electron chi connectivity index (χ4n) is 1.96. The van der Waals surface area contributed by atoms with Gasteiger partial charge in [0.25, 0.3) is 0 Å². The Kier molecular flexibility index (Phi) is 5.16. The maximum absolute atomic E-state index is 12.0. The second-order valence-corrected chi connectivity index (χ2v) is 4.96. The highest BCUT2D eigenvalue weighted by Crippen LogP contribution is 2.14. The van der Waals surface area contributed by atoms with Gasteiger partial charge in [0.1, 0.15) is 0 Å². The number of anilines is 2. The molecule has 1 amide bonds. The number of rotatable bonds is 6. The number of aryl methyl sites for hydroxylation is 1. The number of nitrogens with one attached hydrogen (secondary N) is 2. The van der Waals surface area contributed by atoms with Crippen molar-refractivity contribution >= 4 is 17.3 Å². The van der Waals surface area contributed by atoms with E-state index >= 15 is 0 Å². The Bertz CT molecular complexity index is 600. The van der Waals surface area contributed by atoms with Crippen LogP contribution in [0, 0.1) is 6.92 Å². The predicted octanol–water partition coefficient (Wildman–Crippen LogP) is 3.77. The van der Waals surface area contributed by atoms with Gasteiger partial charge < -0.3 is 10.6 Å². The number of hydrogen-bond acceptors (Lipinski definition) is 2. The highest BCUT2D eigenvalue weighted by molar-refractivity contribution is 5.92. The summed E-state index contributed by atoms with van der Waals surface area (Å²) < 4.78 is 0. The Labute approximate surface area is 125 Å². The van der Waals surface area contributed by atoms with Crippen LogP contribution in [0.1, 0.15) is 11.1 Å². The van der Waals surface area contributed by atoms with Crippen molar-refractivity contribution in [2.75, 3.05) is 17.2 Å². The first-order chi connectivity index (χ1) is 10.2. The lowest BCUT2D eigenvalue weighted by Crippen LogP contribution is -2.14. The summed E-state index contributed by atoms with van der Waals surface area (Å²) in [5, 5.41) is 6.09. The fourth-order valence-corrected chi connectivity index (χ4v) is 1.96. The number of carbonyl (C=O) groups excluding carboxylic acids is 1. The molecule has 0 unspecified atom stereocenters. The Hall–Kier alpha value is -2.55. The molecule has 2 aromatic rings. The van der Waals surface area contributed by atoms with Crippen LogP contribution in [0.15, 0.2) is 61.2 Å². The Morgan fingerprint density at radius 3 is 2.29 bits per heavy atom. The van der Waals surface area contributed by atoms with Gasteiger partial charge in [-0.25, -0.2) is 0 Å². The molecule has 0 bridgehead atoms. The van der Waals surface area contributed by atoms with Crippen LogP contribution in [0.5, 0.6) is 0 Å².